The van der Waals surface area contributed by atoms with Crippen molar-refractivity contribution in [3.05, 3.63) is 35.4 Å². The van der Waals surface area contributed by atoms with Crippen LogP contribution < -0.4 is 5.32 Å². The van der Waals surface area contributed by atoms with Gasteiger partial charge in [0, 0.05) is 26.3 Å². The van der Waals surface area contributed by atoms with E-state index in [1.807, 2.05) is 13.8 Å². The van der Waals surface area contributed by atoms with E-state index in [-0.39, 0.29) is 0 Å². The van der Waals surface area contributed by atoms with Crippen LogP contribution in [-0.2, 0) is 22.6 Å². The monoisotopic (exact) mass is 237 g/mol. The van der Waals surface area contributed by atoms with E-state index in [0.29, 0.717) is 6.61 Å². The molecular formula is C14H23NO2. The molecule has 1 aromatic carbocycles. The van der Waals surface area contributed by atoms with E-state index in [4.69, 9.17) is 9.47 Å². The van der Waals surface area contributed by atoms with Crippen molar-refractivity contribution in [1.82, 2.24) is 5.32 Å². The lowest BCUT2D eigenvalue weighted by atomic mass is 10.1. The predicted octanol–water partition coefficient (Wildman–Crippen LogP) is 2.35. The molecule has 0 amide bonds. The van der Waals surface area contributed by atoms with Crippen LogP contribution in [0.1, 0.15) is 25.0 Å². The highest BCUT2D eigenvalue weighted by Crippen LogP contribution is 2.09. The molecule has 0 unspecified atom stereocenters. The molecule has 3 nitrogen and oxygen atoms in total. The average Bonchev–Trinajstić information content (AvgIpc) is 2.37. The summed E-state index contributed by atoms with van der Waals surface area (Å²) in [6, 6.07) is 8.38. The van der Waals surface area contributed by atoms with Gasteiger partial charge in [-0.05, 0) is 25.0 Å². The molecule has 96 valence electrons. The molecule has 17 heavy (non-hydrogen) atoms. The Balaban J connectivity index is 2.35. The molecule has 3 heteroatoms. The van der Waals surface area contributed by atoms with Gasteiger partial charge < -0.3 is 14.8 Å². The summed E-state index contributed by atoms with van der Waals surface area (Å²) < 4.78 is 10.7. The summed E-state index contributed by atoms with van der Waals surface area (Å²) >= 11 is 0. The topological polar surface area (TPSA) is 30.5 Å². The first-order chi connectivity index (χ1) is 8.38. The van der Waals surface area contributed by atoms with Crippen molar-refractivity contribution in [2.24, 2.45) is 0 Å². The van der Waals surface area contributed by atoms with Crippen LogP contribution >= 0.6 is 0 Å². The molecular weight excluding hydrogens is 214 g/mol. The third kappa shape index (κ3) is 5.82. The predicted molar refractivity (Wildman–Crippen MR) is 70.0 cm³/mol. The van der Waals surface area contributed by atoms with Crippen molar-refractivity contribution in [2.75, 3.05) is 26.4 Å². The molecule has 0 aliphatic heterocycles. The normalized spacial score (nSPS) is 10.7. The Morgan fingerprint density at radius 2 is 1.71 bits per heavy atom. The van der Waals surface area contributed by atoms with Gasteiger partial charge >= 0.3 is 0 Å². The molecule has 0 atom stereocenters. The molecule has 0 aliphatic carbocycles. The maximum atomic E-state index is 5.45. The summed E-state index contributed by atoms with van der Waals surface area (Å²) in [5.41, 5.74) is 2.57. The molecule has 1 aromatic rings. The number of hydrogen-bond donors (Lipinski definition) is 1. The number of hydrogen-bond acceptors (Lipinski definition) is 3. The first-order valence-electron chi connectivity index (χ1n) is 6.31. The second-order valence-electron chi connectivity index (χ2n) is 3.78. The van der Waals surface area contributed by atoms with E-state index in [9.17, 15) is 0 Å². The minimum absolute atomic E-state index is 0.694. The minimum Gasteiger partial charge on any atom is -0.380 e. The van der Waals surface area contributed by atoms with Crippen LogP contribution in [0, 0.1) is 0 Å². The molecule has 1 N–H and O–H groups in total. The molecule has 0 fully saturated rings. The van der Waals surface area contributed by atoms with Crippen molar-refractivity contribution in [3.8, 4) is 0 Å². The summed E-state index contributed by atoms with van der Waals surface area (Å²) in [5, 5.41) is 3.37. The highest BCUT2D eigenvalue weighted by atomic mass is 16.5. The Bertz CT molecular complexity index is 302. The Labute approximate surface area is 104 Å². The van der Waals surface area contributed by atoms with Gasteiger partial charge in [-0.2, -0.15) is 0 Å². The highest BCUT2D eigenvalue weighted by molar-refractivity contribution is 5.26. The van der Waals surface area contributed by atoms with E-state index < -0.39 is 0 Å². The van der Waals surface area contributed by atoms with E-state index >= 15 is 0 Å². The van der Waals surface area contributed by atoms with E-state index in [1.165, 1.54) is 11.1 Å². The van der Waals surface area contributed by atoms with Gasteiger partial charge in [-0.15, -0.1) is 0 Å². The molecule has 0 spiro atoms. The van der Waals surface area contributed by atoms with Crippen LogP contribution in [0.4, 0.5) is 0 Å². The lowest BCUT2D eigenvalue weighted by molar-refractivity contribution is 0.133. The molecule has 0 radical (unpaired) electrons. The Kier molecular flexibility index (Phi) is 7.63. The van der Waals surface area contributed by atoms with E-state index in [1.54, 1.807) is 0 Å². The van der Waals surface area contributed by atoms with Crippen LogP contribution in [0.25, 0.3) is 0 Å². The quantitative estimate of drug-likeness (QED) is 0.669. The van der Waals surface area contributed by atoms with Gasteiger partial charge in [0.15, 0.2) is 0 Å². The smallest absolute Gasteiger partial charge is 0.0719 e. The summed E-state index contributed by atoms with van der Waals surface area (Å²) in [4.78, 5) is 0. The molecule has 0 heterocycles. The van der Waals surface area contributed by atoms with Gasteiger partial charge in [0.25, 0.3) is 0 Å². The lowest BCUT2D eigenvalue weighted by Crippen LogP contribution is -2.20. The molecule has 0 bridgehead atoms. The maximum absolute atomic E-state index is 5.45. The molecule has 0 aromatic heterocycles. The molecule has 1 rings (SSSR count). The minimum atomic E-state index is 0.694. The van der Waals surface area contributed by atoms with Crippen molar-refractivity contribution in [2.45, 2.75) is 27.0 Å². The number of rotatable bonds is 9. The van der Waals surface area contributed by atoms with Crippen molar-refractivity contribution in [3.63, 3.8) is 0 Å². The number of nitrogens with one attached hydrogen (secondary N) is 1. The fraction of sp³-hybridized carbons (Fsp3) is 0.571. The zero-order chi connectivity index (χ0) is 12.3. The lowest BCUT2D eigenvalue weighted by Gasteiger charge is -2.10. The van der Waals surface area contributed by atoms with Crippen LogP contribution in [-0.4, -0.2) is 26.4 Å². The zero-order valence-electron chi connectivity index (χ0n) is 10.9. The fourth-order valence-electron chi connectivity index (χ4n) is 1.59. The Morgan fingerprint density at radius 1 is 1.00 bits per heavy atom. The summed E-state index contributed by atoms with van der Waals surface area (Å²) in [7, 11) is 0. The largest absolute Gasteiger partial charge is 0.380 e. The van der Waals surface area contributed by atoms with E-state index in [0.717, 1.165) is 32.9 Å². The second kappa shape index (κ2) is 9.16. The number of benzene rings is 1. The molecule has 0 saturated carbocycles. The van der Waals surface area contributed by atoms with Crippen molar-refractivity contribution in [1.29, 1.82) is 0 Å². The maximum Gasteiger partial charge on any atom is 0.0719 e. The second-order valence-corrected chi connectivity index (χ2v) is 3.78. The third-order valence-corrected chi connectivity index (χ3v) is 2.52. The van der Waals surface area contributed by atoms with Gasteiger partial charge in [0.1, 0.15) is 0 Å². The average molecular weight is 237 g/mol. The fourth-order valence-corrected chi connectivity index (χ4v) is 1.59. The van der Waals surface area contributed by atoms with Gasteiger partial charge in [0.2, 0.25) is 0 Å². The summed E-state index contributed by atoms with van der Waals surface area (Å²) in [6.45, 7) is 8.78. The molecule has 0 aliphatic rings. The summed E-state index contributed by atoms with van der Waals surface area (Å²) in [5.74, 6) is 0. The number of ether oxygens (including phenoxy) is 2. The van der Waals surface area contributed by atoms with Gasteiger partial charge in [0.05, 0.1) is 13.2 Å². The third-order valence-electron chi connectivity index (χ3n) is 2.52. The first kappa shape index (κ1) is 14.2. The highest BCUT2D eigenvalue weighted by Gasteiger charge is 2.00. The van der Waals surface area contributed by atoms with Crippen molar-refractivity contribution < 1.29 is 9.47 Å². The van der Waals surface area contributed by atoms with Gasteiger partial charge in [-0.3, -0.25) is 0 Å². The van der Waals surface area contributed by atoms with Crippen LogP contribution in [0.3, 0.4) is 0 Å². The van der Waals surface area contributed by atoms with Crippen molar-refractivity contribution >= 4 is 0 Å². The van der Waals surface area contributed by atoms with Crippen LogP contribution in [0.2, 0.25) is 0 Å². The Morgan fingerprint density at radius 3 is 2.41 bits per heavy atom. The standard InChI is InChI=1S/C14H23NO2/c1-3-16-10-9-15-11-13-7-5-6-8-14(13)12-17-4-2/h5-8,15H,3-4,9-12H2,1-2H3. The SMILES string of the molecule is CCOCCNCc1ccccc1COCC. The molecule has 0 saturated heterocycles. The van der Waals surface area contributed by atoms with Crippen LogP contribution in [0.5, 0.6) is 0 Å². The zero-order valence-corrected chi connectivity index (χ0v) is 10.9. The van der Waals surface area contributed by atoms with Gasteiger partial charge in [-0.25, -0.2) is 0 Å². The van der Waals surface area contributed by atoms with Gasteiger partial charge in [-0.1, -0.05) is 24.3 Å². The van der Waals surface area contributed by atoms with E-state index in [2.05, 4.69) is 29.6 Å². The Hall–Kier alpha value is -0.900. The summed E-state index contributed by atoms with van der Waals surface area (Å²) in [6.07, 6.45) is 0. The van der Waals surface area contributed by atoms with Crippen LogP contribution in [0.15, 0.2) is 24.3 Å². The first-order valence-corrected chi connectivity index (χ1v) is 6.31.